The van der Waals surface area contributed by atoms with Gasteiger partial charge in [-0.3, -0.25) is 0 Å². The molecular weight excluding hydrogens is 207 g/mol. The summed E-state index contributed by atoms with van der Waals surface area (Å²) >= 11 is 0. The molecule has 1 N–H and O–H groups in total. The molecule has 0 bridgehead atoms. The van der Waals surface area contributed by atoms with Crippen molar-refractivity contribution in [2.24, 2.45) is 5.92 Å². The number of benzene rings is 1. The Bertz CT molecular complexity index is 380. The van der Waals surface area contributed by atoms with E-state index >= 15 is 0 Å². The normalized spacial score (nSPS) is 34.2. The minimum absolute atomic E-state index is 0.00872. The lowest BCUT2D eigenvalue weighted by Crippen LogP contribution is -2.33. The van der Waals surface area contributed by atoms with Gasteiger partial charge in [-0.05, 0) is 17.5 Å². The van der Waals surface area contributed by atoms with E-state index in [1.165, 1.54) is 6.07 Å². The number of hydrogen-bond acceptors (Lipinski definition) is 2. The molecule has 1 heterocycles. The summed E-state index contributed by atoms with van der Waals surface area (Å²) in [5, 5.41) is 9.17. The second kappa shape index (κ2) is 4.15. The van der Waals surface area contributed by atoms with Gasteiger partial charge in [-0.2, -0.15) is 0 Å². The average Bonchev–Trinajstić information content (AvgIpc) is 2.57. The molecule has 1 fully saturated rings. The molecule has 3 atom stereocenters. The maximum absolute atomic E-state index is 13.8. The van der Waals surface area contributed by atoms with E-state index in [4.69, 9.17) is 9.84 Å². The molecule has 1 aromatic carbocycles. The lowest BCUT2D eigenvalue weighted by molar-refractivity contribution is 0.0428. The molecule has 0 spiro atoms. The van der Waals surface area contributed by atoms with Crippen LogP contribution in [0.5, 0.6) is 0 Å². The molecule has 0 aliphatic carbocycles. The van der Waals surface area contributed by atoms with Crippen molar-refractivity contribution >= 4 is 0 Å². The molecule has 2 rings (SSSR count). The Kier molecular flexibility index (Phi) is 3.00. The fraction of sp³-hybridized carbons (Fsp3) is 0.538. The van der Waals surface area contributed by atoms with Crippen LogP contribution in [-0.4, -0.2) is 24.4 Å². The second-order valence-electron chi connectivity index (χ2n) is 4.72. The first kappa shape index (κ1) is 11.6. The quantitative estimate of drug-likeness (QED) is 0.833. The fourth-order valence-electron chi connectivity index (χ4n) is 2.42. The van der Waals surface area contributed by atoms with Crippen molar-refractivity contribution in [1.82, 2.24) is 0 Å². The average molecular weight is 224 g/mol. The van der Waals surface area contributed by atoms with E-state index in [1.54, 1.807) is 12.1 Å². The zero-order valence-electron chi connectivity index (χ0n) is 9.61. The van der Waals surface area contributed by atoms with E-state index in [1.807, 2.05) is 19.9 Å². The summed E-state index contributed by atoms with van der Waals surface area (Å²) in [6.45, 7) is 4.44. The van der Waals surface area contributed by atoms with Gasteiger partial charge < -0.3 is 9.84 Å². The fourth-order valence-corrected chi connectivity index (χ4v) is 2.42. The molecule has 2 nitrogen and oxygen atoms in total. The minimum atomic E-state index is -0.348. The summed E-state index contributed by atoms with van der Waals surface area (Å²) < 4.78 is 19.3. The van der Waals surface area contributed by atoms with Crippen LogP contribution in [-0.2, 0) is 10.2 Å². The summed E-state index contributed by atoms with van der Waals surface area (Å²) in [4.78, 5) is 0. The maximum Gasteiger partial charge on any atom is 0.127 e. The van der Waals surface area contributed by atoms with Gasteiger partial charge in [0.25, 0.3) is 0 Å². The van der Waals surface area contributed by atoms with Gasteiger partial charge >= 0.3 is 0 Å². The highest BCUT2D eigenvalue weighted by atomic mass is 19.1. The Hall–Kier alpha value is -0.930. The summed E-state index contributed by atoms with van der Waals surface area (Å²) in [6.07, 6.45) is -0.190. The van der Waals surface area contributed by atoms with Crippen LogP contribution in [0.15, 0.2) is 24.3 Å². The number of aliphatic hydroxyl groups excluding tert-OH is 1. The molecule has 1 aliphatic rings. The first-order chi connectivity index (χ1) is 7.59. The van der Waals surface area contributed by atoms with Gasteiger partial charge in [-0.1, -0.05) is 32.0 Å². The highest BCUT2D eigenvalue weighted by Crippen LogP contribution is 2.41. The van der Waals surface area contributed by atoms with Crippen LogP contribution in [0.2, 0.25) is 0 Å². The standard InChI is InChI=1S/C13H17FO2/c1-9-12(7-15)16-8-13(9,2)10-5-3-4-6-11(10)14/h3-6,9,12,15H,7-8H2,1-2H3/t9-,12?,13-/m1/s1. The Labute approximate surface area is 95.1 Å². The van der Waals surface area contributed by atoms with Crippen LogP contribution in [0.3, 0.4) is 0 Å². The Balaban J connectivity index is 2.37. The second-order valence-corrected chi connectivity index (χ2v) is 4.72. The van der Waals surface area contributed by atoms with Gasteiger partial charge in [0, 0.05) is 5.41 Å². The van der Waals surface area contributed by atoms with Crippen molar-refractivity contribution in [3.8, 4) is 0 Å². The van der Waals surface area contributed by atoms with Gasteiger partial charge in [0.15, 0.2) is 0 Å². The molecule has 1 unspecified atom stereocenters. The van der Waals surface area contributed by atoms with Gasteiger partial charge in [-0.15, -0.1) is 0 Å². The van der Waals surface area contributed by atoms with Crippen LogP contribution < -0.4 is 0 Å². The smallest absolute Gasteiger partial charge is 0.127 e. The molecule has 3 heteroatoms. The topological polar surface area (TPSA) is 29.5 Å². The third kappa shape index (κ3) is 1.64. The zero-order chi connectivity index (χ0) is 11.8. The molecule has 1 aromatic rings. The number of ether oxygens (including phenoxy) is 1. The Morgan fingerprint density at radius 3 is 2.75 bits per heavy atom. The largest absolute Gasteiger partial charge is 0.394 e. The summed E-state index contributed by atoms with van der Waals surface area (Å²) in [6, 6.07) is 6.80. The molecule has 1 aliphatic heterocycles. The molecule has 88 valence electrons. The minimum Gasteiger partial charge on any atom is -0.394 e. The number of rotatable bonds is 2. The van der Waals surface area contributed by atoms with E-state index in [2.05, 4.69) is 0 Å². The van der Waals surface area contributed by atoms with Crippen molar-refractivity contribution in [2.75, 3.05) is 13.2 Å². The lowest BCUT2D eigenvalue weighted by atomic mass is 9.73. The van der Waals surface area contributed by atoms with Crippen LogP contribution >= 0.6 is 0 Å². The van der Waals surface area contributed by atoms with E-state index in [0.29, 0.717) is 12.2 Å². The predicted octanol–water partition coefficient (Wildman–Crippen LogP) is 2.11. The van der Waals surface area contributed by atoms with Crippen molar-refractivity contribution < 1.29 is 14.2 Å². The molecule has 0 amide bonds. The summed E-state index contributed by atoms with van der Waals surface area (Å²) in [7, 11) is 0. The molecule has 1 saturated heterocycles. The number of aliphatic hydroxyl groups is 1. The third-order valence-corrected chi connectivity index (χ3v) is 3.83. The predicted molar refractivity (Wildman–Crippen MR) is 59.7 cm³/mol. The van der Waals surface area contributed by atoms with Crippen molar-refractivity contribution in [3.05, 3.63) is 35.6 Å². The highest BCUT2D eigenvalue weighted by molar-refractivity contribution is 5.29. The van der Waals surface area contributed by atoms with E-state index in [9.17, 15) is 4.39 Å². The van der Waals surface area contributed by atoms with Crippen LogP contribution in [0, 0.1) is 11.7 Å². The Morgan fingerprint density at radius 1 is 1.50 bits per heavy atom. The van der Waals surface area contributed by atoms with Crippen LogP contribution in [0.1, 0.15) is 19.4 Å². The molecule has 0 radical (unpaired) electrons. The third-order valence-electron chi connectivity index (χ3n) is 3.83. The molecule has 0 saturated carbocycles. The van der Waals surface area contributed by atoms with Gasteiger partial charge in [-0.25, -0.2) is 4.39 Å². The maximum atomic E-state index is 13.8. The first-order valence-electron chi connectivity index (χ1n) is 5.57. The lowest BCUT2D eigenvalue weighted by Gasteiger charge is -2.29. The molecule has 16 heavy (non-hydrogen) atoms. The zero-order valence-corrected chi connectivity index (χ0v) is 9.61. The van der Waals surface area contributed by atoms with Crippen molar-refractivity contribution in [2.45, 2.75) is 25.4 Å². The van der Waals surface area contributed by atoms with Gasteiger partial charge in [0.2, 0.25) is 0 Å². The summed E-state index contributed by atoms with van der Waals surface area (Å²) in [5.74, 6) is -0.0894. The SMILES string of the molecule is C[C@@H]1C(CO)OC[C@@]1(C)c1ccccc1F. The monoisotopic (exact) mass is 224 g/mol. The van der Waals surface area contributed by atoms with Gasteiger partial charge in [0.05, 0.1) is 19.3 Å². The number of hydrogen-bond donors (Lipinski definition) is 1. The molecule has 0 aromatic heterocycles. The van der Waals surface area contributed by atoms with E-state index < -0.39 is 0 Å². The highest BCUT2D eigenvalue weighted by Gasteiger charge is 2.45. The van der Waals surface area contributed by atoms with E-state index in [0.717, 1.165) is 0 Å². The Morgan fingerprint density at radius 2 is 2.19 bits per heavy atom. The van der Waals surface area contributed by atoms with Crippen molar-refractivity contribution in [1.29, 1.82) is 0 Å². The van der Waals surface area contributed by atoms with Crippen LogP contribution in [0.4, 0.5) is 4.39 Å². The number of halogens is 1. The summed E-state index contributed by atoms with van der Waals surface area (Å²) in [5.41, 5.74) is 0.331. The molecular formula is C13H17FO2. The van der Waals surface area contributed by atoms with E-state index in [-0.39, 0.29) is 29.9 Å². The van der Waals surface area contributed by atoms with Crippen molar-refractivity contribution in [3.63, 3.8) is 0 Å². The van der Waals surface area contributed by atoms with Gasteiger partial charge in [0.1, 0.15) is 5.82 Å². The first-order valence-corrected chi connectivity index (χ1v) is 5.57. The van der Waals surface area contributed by atoms with Crippen LogP contribution in [0.25, 0.3) is 0 Å².